The van der Waals surface area contributed by atoms with E-state index in [2.05, 4.69) is 5.10 Å². The molecule has 1 unspecified atom stereocenters. The first kappa shape index (κ1) is 14.7. The van der Waals surface area contributed by atoms with Gasteiger partial charge in [-0.2, -0.15) is 4.68 Å². The number of rotatable bonds is 5. The Bertz CT molecular complexity index is 676. The van der Waals surface area contributed by atoms with Crippen molar-refractivity contribution in [3.8, 4) is 0 Å². The summed E-state index contributed by atoms with van der Waals surface area (Å²) in [6, 6.07) is 7.10. The zero-order chi connectivity index (χ0) is 15.6. The first-order valence-electron chi connectivity index (χ1n) is 6.38. The molecule has 1 N–H and O–H groups in total. The van der Waals surface area contributed by atoms with E-state index in [1.165, 1.54) is 4.68 Å². The van der Waals surface area contributed by atoms with Crippen molar-refractivity contribution < 1.29 is 14.8 Å². The lowest BCUT2D eigenvalue weighted by atomic mass is 10.0. The molecule has 0 spiro atoms. The zero-order valence-corrected chi connectivity index (χ0v) is 11.7. The van der Waals surface area contributed by atoms with Crippen LogP contribution in [-0.2, 0) is 11.3 Å². The lowest BCUT2D eigenvalue weighted by Crippen LogP contribution is -2.07. The highest BCUT2D eigenvalue weighted by Gasteiger charge is 2.17. The fourth-order valence-electron chi connectivity index (χ4n) is 2.01. The summed E-state index contributed by atoms with van der Waals surface area (Å²) in [5, 5.41) is 23.6. The van der Waals surface area contributed by atoms with Gasteiger partial charge in [-0.3, -0.25) is 4.79 Å². The molecule has 0 bridgehead atoms. The van der Waals surface area contributed by atoms with Crippen LogP contribution >= 0.6 is 0 Å². The van der Waals surface area contributed by atoms with Gasteiger partial charge in [0.1, 0.15) is 0 Å². The van der Waals surface area contributed by atoms with Gasteiger partial charge in [-0.25, -0.2) is 0 Å². The highest BCUT2D eigenvalue weighted by molar-refractivity contribution is 5.75. The van der Waals surface area contributed by atoms with Crippen LogP contribution in [0, 0.1) is 17.0 Å². The average molecular weight is 289 g/mol. The van der Waals surface area contributed by atoms with Crippen LogP contribution in [0.3, 0.4) is 0 Å². The van der Waals surface area contributed by atoms with E-state index in [4.69, 9.17) is 5.11 Å². The monoisotopic (exact) mass is 289 g/mol. The largest absolute Gasteiger partial charge is 0.481 e. The summed E-state index contributed by atoms with van der Waals surface area (Å²) in [5.74, 6) is -1.58. The Morgan fingerprint density at radius 3 is 2.52 bits per heavy atom. The van der Waals surface area contributed by atoms with Crippen LogP contribution in [-0.4, -0.2) is 25.8 Å². The minimum absolute atomic E-state index is 0.147. The summed E-state index contributed by atoms with van der Waals surface area (Å²) < 4.78 is 1.50. The molecule has 0 aliphatic carbocycles. The molecule has 0 radical (unpaired) electrons. The van der Waals surface area contributed by atoms with Gasteiger partial charge in [0.2, 0.25) is 0 Å². The van der Waals surface area contributed by atoms with Gasteiger partial charge in [0.05, 0.1) is 29.3 Å². The van der Waals surface area contributed by atoms with E-state index in [1.54, 1.807) is 44.3 Å². The third kappa shape index (κ3) is 3.25. The van der Waals surface area contributed by atoms with Crippen molar-refractivity contribution in [3.63, 3.8) is 0 Å². The molecule has 110 valence electrons. The van der Waals surface area contributed by atoms with E-state index in [0.717, 1.165) is 5.56 Å². The summed E-state index contributed by atoms with van der Waals surface area (Å²) in [4.78, 5) is 21.1. The number of carboxylic acid groups (broad SMARTS) is 1. The number of hydrogen-bond acceptors (Lipinski definition) is 4. The van der Waals surface area contributed by atoms with E-state index in [1.807, 2.05) is 0 Å². The van der Waals surface area contributed by atoms with Gasteiger partial charge >= 0.3 is 11.8 Å². The fourth-order valence-corrected chi connectivity index (χ4v) is 2.01. The Morgan fingerprint density at radius 1 is 1.43 bits per heavy atom. The van der Waals surface area contributed by atoms with Crippen LogP contribution in [0.5, 0.6) is 0 Å². The molecule has 1 atom stereocenters. The number of carbonyl (C=O) groups is 1. The smallest absolute Gasteiger partial charge is 0.392 e. The molecule has 7 nitrogen and oxygen atoms in total. The predicted octanol–water partition coefficient (Wildman–Crippen LogP) is 2.34. The number of nitrogens with zero attached hydrogens (tertiary/aromatic N) is 3. The van der Waals surface area contributed by atoms with Crippen molar-refractivity contribution in [2.45, 2.75) is 26.3 Å². The van der Waals surface area contributed by atoms with Crippen LogP contribution < -0.4 is 0 Å². The SMILES string of the molecule is Cc1cn(Cc2ccc(C(C)C(=O)O)cc2)nc1[N+](=O)[O-]. The second-order valence-electron chi connectivity index (χ2n) is 4.89. The normalized spacial score (nSPS) is 12.1. The third-order valence-corrected chi connectivity index (χ3v) is 3.29. The highest BCUT2D eigenvalue weighted by atomic mass is 16.6. The molecule has 0 fully saturated rings. The summed E-state index contributed by atoms with van der Waals surface area (Å²) in [5.41, 5.74) is 2.12. The van der Waals surface area contributed by atoms with Crippen molar-refractivity contribution in [2.24, 2.45) is 0 Å². The van der Waals surface area contributed by atoms with Crippen LogP contribution in [0.4, 0.5) is 5.82 Å². The Morgan fingerprint density at radius 2 is 2.05 bits per heavy atom. The maximum atomic E-state index is 10.9. The lowest BCUT2D eigenvalue weighted by Gasteiger charge is -2.07. The number of carboxylic acids is 1. The summed E-state index contributed by atoms with van der Waals surface area (Å²) in [6.07, 6.45) is 1.62. The Kier molecular flexibility index (Phi) is 4.02. The number of hydrogen-bond donors (Lipinski definition) is 1. The molecule has 7 heteroatoms. The quantitative estimate of drug-likeness (QED) is 0.672. The Balaban J connectivity index is 2.15. The van der Waals surface area contributed by atoms with Crippen molar-refractivity contribution in [1.82, 2.24) is 9.78 Å². The summed E-state index contributed by atoms with van der Waals surface area (Å²) >= 11 is 0. The molecular weight excluding hydrogens is 274 g/mol. The van der Waals surface area contributed by atoms with Crippen molar-refractivity contribution >= 4 is 11.8 Å². The first-order chi connectivity index (χ1) is 9.88. The molecule has 21 heavy (non-hydrogen) atoms. The van der Waals surface area contributed by atoms with E-state index in [0.29, 0.717) is 17.7 Å². The van der Waals surface area contributed by atoms with Crippen molar-refractivity contribution in [1.29, 1.82) is 0 Å². The first-order valence-corrected chi connectivity index (χ1v) is 6.38. The molecule has 0 aliphatic heterocycles. The summed E-state index contributed by atoms with van der Waals surface area (Å²) in [6.45, 7) is 3.66. The van der Waals surface area contributed by atoms with Crippen molar-refractivity contribution in [3.05, 3.63) is 57.3 Å². The van der Waals surface area contributed by atoms with Crippen LogP contribution in [0.1, 0.15) is 29.5 Å². The maximum absolute atomic E-state index is 10.9. The van der Waals surface area contributed by atoms with Gasteiger partial charge in [0.25, 0.3) is 0 Å². The van der Waals surface area contributed by atoms with Crippen molar-refractivity contribution in [2.75, 3.05) is 0 Å². The third-order valence-electron chi connectivity index (χ3n) is 3.29. The zero-order valence-electron chi connectivity index (χ0n) is 11.7. The highest BCUT2D eigenvalue weighted by Crippen LogP contribution is 2.18. The second kappa shape index (κ2) is 5.74. The molecule has 0 aliphatic rings. The van der Waals surface area contributed by atoms with E-state index in [-0.39, 0.29) is 5.82 Å². The van der Waals surface area contributed by atoms with Gasteiger partial charge in [0, 0.05) is 0 Å². The van der Waals surface area contributed by atoms with Crippen LogP contribution in [0.15, 0.2) is 30.5 Å². The van der Waals surface area contributed by atoms with E-state index >= 15 is 0 Å². The number of aromatic nitrogens is 2. The number of nitro groups is 1. The average Bonchev–Trinajstić information content (AvgIpc) is 2.79. The van der Waals surface area contributed by atoms with Crippen LogP contribution in [0.25, 0.3) is 0 Å². The molecule has 0 saturated carbocycles. The van der Waals surface area contributed by atoms with Gasteiger partial charge in [-0.1, -0.05) is 24.3 Å². The molecular formula is C14H15N3O4. The Hall–Kier alpha value is -2.70. The molecule has 0 saturated heterocycles. The lowest BCUT2D eigenvalue weighted by molar-refractivity contribution is -0.390. The minimum atomic E-state index is -0.874. The number of aryl methyl sites for hydroxylation is 1. The molecule has 2 aromatic rings. The van der Waals surface area contributed by atoms with E-state index < -0.39 is 16.8 Å². The fraction of sp³-hybridized carbons (Fsp3) is 0.286. The predicted molar refractivity (Wildman–Crippen MR) is 75.2 cm³/mol. The number of aliphatic carboxylic acids is 1. The molecule has 2 rings (SSSR count). The molecule has 1 heterocycles. The molecule has 1 aromatic carbocycles. The number of benzene rings is 1. The standard InChI is InChI=1S/C14H15N3O4/c1-9-7-16(15-13(9)17(20)21)8-11-3-5-12(6-4-11)10(2)14(18)19/h3-7,10H,8H2,1-2H3,(H,18,19). The maximum Gasteiger partial charge on any atom is 0.392 e. The molecule has 1 aromatic heterocycles. The molecule has 0 amide bonds. The second-order valence-corrected chi connectivity index (χ2v) is 4.89. The van der Waals surface area contributed by atoms with Gasteiger partial charge < -0.3 is 15.2 Å². The summed E-state index contributed by atoms with van der Waals surface area (Å²) in [7, 11) is 0. The Labute approximate surface area is 121 Å². The van der Waals surface area contributed by atoms with Gasteiger partial charge in [-0.05, 0) is 29.9 Å². The van der Waals surface area contributed by atoms with E-state index in [9.17, 15) is 14.9 Å². The minimum Gasteiger partial charge on any atom is -0.481 e. The van der Waals surface area contributed by atoms with Gasteiger partial charge in [0.15, 0.2) is 0 Å². The topological polar surface area (TPSA) is 98.3 Å². The van der Waals surface area contributed by atoms with Crippen LogP contribution in [0.2, 0.25) is 0 Å². The van der Waals surface area contributed by atoms with Gasteiger partial charge in [-0.15, -0.1) is 0 Å².